The Kier molecular flexibility index (Phi) is 6.98. The van der Waals surface area contributed by atoms with Crippen LogP contribution >= 0.6 is 0 Å². The van der Waals surface area contributed by atoms with Crippen molar-refractivity contribution < 1.29 is 23.0 Å². The molecule has 7 nitrogen and oxygen atoms in total. The molecule has 0 radical (unpaired) electrons. The number of hydrogen-bond acceptors (Lipinski definition) is 6. The van der Waals surface area contributed by atoms with Crippen LogP contribution in [-0.2, 0) is 14.8 Å². The lowest BCUT2D eigenvalue weighted by Crippen LogP contribution is -2.16. The highest BCUT2D eigenvalue weighted by Gasteiger charge is 2.23. The van der Waals surface area contributed by atoms with Crippen molar-refractivity contribution in [3.05, 3.63) is 48.0 Å². The Balaban J connectivity index is 2.58. The van der Waals surface area contributed by atoms with E-state index in [0.717, 1.165) is 12.8 Å². The average molecular weight is 380 g/mol. The second-order valence-electron chi connectivity index (χ2n) is 5.72. The third-order valence-corrected chi connectivity index (χ3v) is 4.62. The van der Waals surface area contributed by atoms with Crippen LogP contribution < -0.4 is 15.2 Å². The van der Waals surface area contributed by atoms with E-state index in [0.29, 0.717) is 18.0 Å². The molecule has 1 unspecified atom stereocenters. The highest BCUT2D eigenvalue weighted by molar-refractivity contribution is 7.89. The van der Waals surface area contributed by atoms with Crippen molar-refractivity contribution in [3.63, 3.8) is 0 Å². The summed E-state index contributed by atoms with van der Waals surface area (Å²) in [7, 11) is -2.78. The Morgan fingerprint density at radius 3 is 2.50 bits per heavy atom. The largest absolute Gasteiger partial charge is 0.454 e. The molecule has 0 bridgehead atoms. The predicted molar refractivity (Wildman–Crippen MR) is 99.7 cm³/mol. The van der Waals surface area contributed by atoms with E-state index < -0.39 is 16.3 Å². The quantitative estimate of drug-likeness (QED) is 0.456. The first-order chi connectivity index (χ1) is 12.4. The predicted octanol–water partition coefficient (Wildman–Crippen LogP) is 2.98. The molecule has 0 aliphatic rings. The van der Waals surface area contributed by atoms with Gasteiger partial charge in [0, 0.05) is 19.2 Å². The molecule has 26 heavy (non-hydrogen) atoms. The summed E-state index contributed by atoms with van der Waals surface area (Å²) in [5.74, 6) is 0.554. The van der Waals surface area contributed by atoms with Gasteiger partial charge in [-0.3, -0.25) is 0 Å². The summed E-state index contributed by atoms with van der Waals surface area (Å²) < 4.78 is 35.0. The standard InChI is InChI=1S/C18H24N2O5S/c1-3-4-10-20-15-11-13(18(21)24-2)12-16(26(19,22)23)17(15)25-14-8-6-5-7-9-14/h5-9,11-12,18,20-21H,3-4,10H2,1-2H3,(H2,19,22,23). The molecule has 0 spiro atoms. The number of anilines is 1. The van der Waals surface area contributed by atoms with E-state index in [4.69, 9.17) is 14.6 Å². The third kappa shape index (κ3) is 5.18. The van der Waals surface area contributed by atoms with Gasteiger partial charge in [-0.15, -0.1) is 0 Å². The van der Waals surface area contributed by atoms with Gasteiger partial charge < -0.3 is 19.9 Å². The Hall–Kier alpha value is -2.13. The molecule has 0 heterocycles. The van der Waals surface area contributed by atoms with E-state index in [-0.39, 0.29) is 16.2 Å². The van der Waals surface area contributed by atoms with Crippen molar-refractivity contribution in [2.45, 2.75) is 31.0 Å². The summed E-state index contributed by atoms with van der Waals surface area (Å²) in [4.78, 5) is -0.228. The van der Waals surface area contributed by atoms with Gasteiger partial charge in [0.15, 0.2) is 12.0 Å². The first kappa shape index (κ1) is 20.2. The second kappa shape index (κ2) is 9.00. The highest BCUT2D eigenvalue weighted by Crippen LogP contribution is 2.38. The van der Waals surface area contributed by atoms with Gasteiger partial charge >= 0.3 is 0 Å². The van der Waals surface area contributed by atoms with E-state index in [1.807, 2.05) is 13.0 Å². The molecule has 2 aromatic rings. The number of aliphatic hydroxyl groups excluding tert-OH is 1. The maximum atomic E-state index is 12.1. The molecule has 4 N–H and O–H groups in total. The summed E-state index contributed by atoms with van der Waals surface area (Å²) in [6, 6.07) is 11.6. The van der Waals surface area contributed by atoms with Gasteiger partial charge in [0.2, 0.25) is 10.0 Å². The van der Waals surface area contributed by atoms with Crippen LogP contribution in [0.2, 0.25) is 0 Å². The Labute approximate surface area is 153 Å². The average Bonchev–Trinajstić information content (AvgIpc) is 2.62. The van der Waals surface area contributed by atoms with E-state index in [1.165, 1.54) is 13.2 Å². The van der Waals surface area contributed by atoms with Gasteiger partial charge in [0.1, 0.15) is 10.6 Å². The van der Waals surface area contributed by atoms with Crippen molar-refractivity contribution in [1.82, 2.24) is 0 Å². The minimum Gasteiger partial charge on any atom is -0.454 e. The molecule has 142 valence electrons. The first-order valence-corrected chi connectivity index (χ1v) is 9.79. The first-order valence-electron chi connectivity index (χ1n) is 8.25. The van der Waals surface area contributed by atoms with E-state index in [2.05, 4.69) is 5.32 Å². The topological polar surface area (TPSA) is 111 Å². The fourth-order valence-electron chi connectivity index (χ4n) is 2.36. The summed E-state index contributed by atoms with van der Waals surface area (Å²) in [5, 5.41) is 18.5. The minimum atomic E-state index is -4.10. The van der Waals surface area contributed by atoms with Crippen molar-refractivity contribution in [2.75, 3.05) is 19.0 Å². The minimum absolute atomic E-state index is 0.0851. The van der Waals surface area contributed by atoms with Gasteiger partial charge in [-0.05, 0) is 30.7 Å². The number of aliphatic hydroxyl groups is 1. The molecule has 8 heteroatoms. The summed E-state index contributed by atoms with van der Waals surface area (Å²) in [5.41, 5.74) is 0.677. The molecule has 2 aromatic carbocycles. The van der Waals surface area contributed by atoms with Gasteiger partial charge in [0.05, 0.1) is 5.69 Å². The normalized spacial score (nSPS) is 12.6. The van der Waals surface area contributed by atoms with Crippen LogP contribution in [0.1, 0.15) is 31.6 Å². The van der Waals surface area contributed by atoms with E-state index in [9.17, 15) is 13.5 Å². The van der Waals surface area contributed by atoms with Gasteiger partial charge in [-0.25, -0.2) is 13.6 Å². The molecule has 0 saturated carbocycles. The molecule has 0 fully saturated rings. The molecular weight excluding hydrogens is 356 g/mol. The monoisotopic (exact) mass is 380 g/mol. The van der Waals surface area contributed by atoms with Crippen LogP contribution in [0.15, 0.2) is 47.4 Å². The molecule has 2 rings (SSSR count). The molecule has 0 aromatic heterocycles. The fraction of sp³-hybridized carbons (Fsp3) is 0.333. The highest BCUT2D eigenvalue weighted by atomic mass is 32.2. The van der Waals surface area contributed by atoms with Gasteiger partial charge in [0.25, 0.3) is 0 Å². The molecule has 0 amide bonds. The van der Waals surface area contributed by atoms with Crippen molar-refractivity contribution in [1.29, 1.82) is 0 Å². The summed E-state index contributed by atoms with van der Waals surface area (Å²) in [6.07, 6.45) is 0.560. The number of sulfonamides is 1. The lowest BCUT2D eigenvalue weighted by atomic mass is 10.1. The Morgan fingerprint density at radius 1 is 1.23 bits per heavy atom. The van der Waals surface area contributed by atoms with E-state index >= 15 is 0 Å². The van der Waals surface area contributed by atoms with Crippen LogP contribution in [0.5, 0.6) is 11.5 Å². The smallest absolute Gasteiger partial charge is 0.241 e. The number of nitrogens with two attached hydrogens (primary N) is 1. The fourth-order valence-corrected chi connectivity index (χ4v) is 3.07. The van der Waals surface area contributed by atoms with Gasteiger partial charge in [-0.2, -0.15) is 0 Å². The number of ether oxygens (including phenoxy) is 2. The number of primary sulfonamides is 1. The summed E-state index contributed by atoms with van der Waals surface area (Å²) in [6.45, 7) is 2.65. The Morgan fingerprint density at radius 2 is 1.92 bits per heavy atom. The second-order valence-corrected chi connectivity index (χ2v) is 7.25. The zero-order valence-electron chi connectivity index (χ0n) is 14.8. The van der Waals surface area contributed by atoms with Crippen LogP contribution in [0.25, 0.3) is 0 Å². The van der Waals surface area contributed by atoms with Crippen molar-refractivity contribution >= 4 is 15.7 Å². The van der Waals surface area contributed by atoms with Gasteiger partial charge in [-0.1, -0.05) is 31.5 Å². The lowest BCUT2D eigenvalue weighted by molar-refractivity contribution is -0.0770. The molecular formula is C18H24N2O5S. The van der Waals surface area contributed by atoms with Crippen molar-refractivity contribution in [3.8, 4) is 11.5 Å². The molecule has 1 atom stereocenters. The number of rotatable bonds is 9. The number of para-hydroxylation sites is 1. The lowest BCUT2D eigenvalue weighted by Gasteiger charge is -2.19. The Bertz CT molecular complexity index is 825. The number of unbranched alkanes of at least 4 members (excludes halogenated alkanes) is 1. The van der Waals surface area contributed by atoms with Crippen molar-refractivity contribution in [2.24, 2.45) is 5.14 Å². The van der Waals surface area contributed by atoms with E-state index in [1.54, 1.807) is 30.3 Å². The maximum Gasteiger partial charge on any atom is 0.241 e. The zero-order valence-corrected chi connectivity index (χ0v) is 15.6. The third-order valence-electron chi connectivity index (χ3n) is 3.70. The zero-order chi connectivity index (χ0) is 19.2. The molecule has 0 aliphatic carbocycles. The van der Waals surface area contributed by atoms with Crippen LogP contribution in [0.3, 0.4) is 0 Å². The SMILES string of the molecule is CCCCNc1cc(C(O)OC)cc(S(N)(=O)=O)c1Oc1ccccc1. The number of nitrogens with one attached hydrogen (secondary N) is 1. The summed E-state index contributed by atoms with van der Waals surface area (Å²) >= 11 is 0. The molecule has 0 aliphatic heterocycles. The number of hydrogen-bond donors (Lipinski definition) is 3. The maximum absolute atomic E-state index is 12.1. The molecule has 0 saturated heterocycles. The van der Waals surface area contributed by atoms with Crippen LogP contribution in [0.4, 0.5) is 5.69 Å². The number of methoxy groups -OCH3 is 1. The van der Waals surface area contributed by atoms with Crippen LogP contribution in [-0.4, -0.2) is 27.2 Å². The van der Waals surface area contributed by atoms with Crippen LogP contribution in [0, 0.1) is 0 Å². The number of benzene rings is 2.